The van der Waals surface area contributed by atoms with Gasteiger partial charge in [0.1, 0.15) is 0 Å². The van der Waals surface area contributed by atoms with Gasteiger partial charge in [0.15, 0.2) is 0 Å². The molecule has 0 N–H and O–H groups in total. The van der Waals surface area contributed by atoms with Crippen LogP contribution < -0.4 is 0 Å². The van der Waals surface area contributed by atoms with Gasteiger partial charge in [0.05, 0.1) is 26.2 Å². The predicted octanol–water partition coefficient (Wildman–Crippen LogP) is 1.30. The van der Waals surface area contributed by atoms with Gasteiger partial charge in [-0.15, -0.1) is 0 Å². The molecule has 0 unspecified atom stereocenters. The van der Waals surface area contributed by atoms with Crippen molar-refractivity contribution in [1.82, 2.24) is 4.90 Å². The summed E-state index contributed by atoms with van der Waals surface area (Å²) >= 11 is 0. The zero-order valence-electron chi connectivity index (χ0n) is 10.6. The second-order valence-electron chi connectivity index (χ2n) is 4.47. The van der Waals surface area contributed by atoms with Crippen LogP contribution in [-0.4, -0.2) is 49.8 Å². The summed E-state index contributed by atoms with van der Waals surface area (Å²) in [6.07, 6.45) is 0.492. The van der Waals surface area contributed by atoms with Gasteiger partial charge in [0.2, 0.25) is 0 Å². The van der Waals surface area contributed by atoms with E-state index in [0.717, 1.165) is 26.3 Å². The van der Waals surface area contributed by atoms with E-state index in [1.807, 2.05) is 6.92 Å². The third kappa shape index (κ3) is 4.10. The van der Waals surface area contributed by atoms with Crippen molar-refractivity contribution in [2.75, 3.05) is 32.9 Å². The number of carbonyl (C=O) groups is 1. The Morgan fingerprint density at radius 2 is 2.00 bits per heavy atom. The Bertz CT molecular complexity index is 212. The zero-order valence-corrected chi connectivity index (χ0v) is 10.6. The summed E-state index contributed by atoms with van der Waals surface area (Å²) in [4.78, 5) is 13.9. The van der Waals surface area contributed by atoms with Gasteiger partial charge in [-0.2, -0.15) is 0 Å². The third-order valence-corrected chi connectivity index (χ3v) is 2.97. The number of carbonyl (C=O) groups excluding carboxylic acids is 1. The lowest BCUT2D eigenvalue weighted by Gasteiger charge is -2.36. The molecule has 0 spiro atoms. The molecule has 1 atom stereocenters. The fraction of sp³-hybridized carbons (Fsp3) is 0.917. The average molecular weight is 229 g/mol. The maximum absolute atomic E-state index is 11.5. The van der Waals surface area contributed by atoms with Crippen molar-refractivity contribution >= 4 is 5.97 Å². The van der Waals surface area contributed by atoms with Gasteiger partial charge in [-0.1, -0.05) is 13.8 Å². The van der Waals surface area contributed by atoms with E-state index in [4.69, 9.17) is 9.47 Å². The van der Waals surface area contributed by atoms with Crippen LogP contribution in [0.25, 0.3) is 0 Å². The van der Waals surface area contributed by atoms with E-state index >= 15 is 0 Å². The molecule has 1 rings (SSSR count). The van der Waals surface area contributed by atoms with Crippen LogP contribution in [0.5, 0.6) is 0 Å². The van der Waals surface area contributed by atoms with Crippen molar-refractivity contribution in [2.45, 2.75) is 33.2 Å². The topological polar surface area (TPSA) is 38.8 Å². The van der Waals surface area contributed by atoms with Crippen molar-refractivity contribution in [2.24, 2.45) is 5.92 Å². The van der Waals surface area contributed by atoms with Gasteiger partial charge in [0, 0.05) is 19.1 Å². The molecule has 0 aliphatic carbocycles. The first-order valence-electron chi connectivity index (χ1n) is 6.12. The highest BCUT2D eigenvalue weighted by atomic mass is 16.5. The Hall–Kier alpha value is -0.610. The number of ether oxygens (including phenoxy) is 2. The predicted molar refractivity (Wildman–Crippen MR) is 62.3 cm³/mol. The molecule has 0 aromatic rings. The molecule has 0 saturated carbocycles. The summed E-state index contributed by atoms with van der Waals surface area (Å²) in [5, 5.41) is 0. The van der Waals surface area contributed by atoms with Crippen LogP contribution in [0.1, 0.15) is 27.2 Å². The Morgan fingerprint density at radius 1 is 1.38 bits per heavy atom. The van der Waals surface area contributed by atoms with Gasteiger partial charge in [-0.05, 0) is 12.8 Å². The molecule has 0 aromatic carbocycles. The van der Waals surface area contributed by atoms with E-state index < -0.39 is 0 Å². The number of hydrogen-bond donors (Lipinski definition) is 0. The highest BCUT2D eigenvalue weighted by molar-refractivity contribution is 5.70. The second kappa shape index (κ2) is 6.86. The van der Waals surface area contributed by atoms with E-state index in [0.29, 0.717) is 18.9 Å². The second-order valence-corrected chi connectivity index (χ2v) is 4.47. The quantitative estimate of drug-likeness (QED) is 0.666. The SMILES string of the molecule is CCOC(=O)C[C@H](C(C)C)N1CCOCC1. The molecule has 0 amide bonds. The monoisotopic (exact) mass is 229 g/mol. The number of morpholine rings is 1. The summed E-state index contributed by atoms with van der Waals surface area (Å²) in [5.74, 6) is 0.371. The first-order valence-corrected chi connectivity index (χ1v) is 6.12. The maximum atomic E-state index is 11.5. The van der Waals surface area contributed by atoms with Crippen molar-refractivity contribution in [3.8, 4) is 0 Å². The zero-order chi connectivity index (χ0) is 12.0. The molecule has 1 fully saturated rings. The molecule has 0 aromatic heterocycles. The summed E-state index contributed by atoms with van der Waals surface area (Å²) in [6.45, 7) is 9.99. The van der Waals surface area contributed by atoms with E-state index in [2.05, 4.69) is 18.7 Å². The molecule has 16 heavy (non-hydrogen) atoms. The van der Waals surface area contributed by atoms with Crippen LogP contribution in [0.2, 0.25) is 0 Å². The van der Waals surface area contributed by atoms with Crippen LogP contribution in [-0.2, 0) is 14.3 Å². The van der Waals surface area contributed by atoms with Crippen molar-refractivity contribution in [3.63, 3.8) is 0 Å². The number of rotatable bonds is 5. The molecular formula is C12H23NO3. The van der Waals surface area contributed by atoms with E-state index in [1.54, 1.807) is 0 Å². The molecule has 4 nitrogen and oxygen atoms in total. The Labute approximate surface area is 97.9 Å². The Balaban J connectivity index is 2.48. The fourth-order valence-corrected chi connectivity index (χ4v) is 2.09. The van der Waals surface area contributed by atoms with Crippen molar-refractivity contribution < 1.29 is 14.3 Å². The number of nitrogens with zero attached hydrogens (tertiary/aromatic N) is 1. The smallest absolute Gasteiger partial charge is 0.307 e. The van der Waals surface area contributed by atoms with Crippen molar-refractivity contribution in [1.29, 1.82) is 0 Å². The normalized spacial score (nSPS) is 19.8. The summed E-state index contributed by atoms with van der Waals surface area (Å²) in [6, 6.07) is 0.281. The highest BCUT2D eigenvalue weighted by Gasteiger charge is 2.26. The van der Waals surface area contributed by atoms with Crippen LogP contribution in [0.4, 0.5) is 0 Å². The van der Waals surface area contributed by atoms with Gasteiger partial charge in [0.25, 0.3) is 0 Å². The highest BCUT2D eigenvalue weighted by Crippen LogP contribution is 2.16. The summed E-state index contributed by atoms with van der Waals surface area (Å²) in [7, 11) is 0. The van der Waals surface area contributed by atoms with E-state index in [1.165, 1.54) is 0 Å². The minimum Gasteiger partial charge on any atom is -0.466 e. The van der Waals surface area contributed by atoms with E-state index in [9.17, 15) is 4.79 Å². The molecule has 1 aliphatic rings. The molecule has 1 heterocycles. The first kappa shape index (κ1) is 13.5. The van der Waals surface area contributed by atoms with Crippen LogP contribution >= 0.6 is 0 Å². The molecule has 1 aliphatic heterocycles. The van der Waals surface area contributed by atoms with Gasteiger partial charge in [-0.3, -0.25) is 9.69 Å². The minimum atomic E-state index is -0.0901. The van der Waals surface area contributed by atoms with Crippen molar-refractivity contribution in [3.05, 3.63) is 0 Å². The van der Waals surface area contributed by atoms with Crippen LogP contribution in [0.15, 0.2) is 0 Å². The largest absolute Gasteiger partial charge is 0.466 e. The molecule has 0 radical (unpaired) electrons. The van der Waals surface area contributed by atoms with Gasteiger partial charge >= 0.3 is 5.97 Å². The maximum Gasteiger partial charge on any atom is 0.307 e. The first-order chi connectivity index (χ1) is 7.65. The van der Waals surface area contributed by atoms with Crippen LogP contribution in [0, 0.1) is 5.92 Å². The van der Waals surface area contributed by atoms with Gasteiger partial charge < -0.3 is 9.47 Å². The lowest BCUT2D eigenvalue weighted by atomic mass is 9.99. The molecule has 4 heteroatoms. The molecule has 94 valence electrons. The third-order valence-electron chi connectivity index (χ3n) is 2.97. The van der Waals surface area contributed by atoms with E-state index in [-0.39, 0.29) is 12.0 Å². The lowest BCUT2D eigenvalue weighted by Crippen LogP contribution is -2.47. The lowest BCUT2D eigenvalue weighted by molar-refractivity contribution is -0.145. The summed E-state index contributed by atoms with van der Waals surface area (Å²) in [5.41, 5.74) is 0. The fourth-order valence-electron chi connectivity index (χ4n) is 2.09. The number of esters is 1. The minimum absolute atomic E-state index is 0.0901. The molecular weight excluding hydrogens is 206 g/mol. The summed E-state index contributed by atoms with van der Waals surface area (Å²) < 4.78 is 10.3. The Morgan fingerprint density at radius 3 is 2.50 bits per heavy atom. The Kier molecular flexibility index (Phi) is 5.77. The number of hydrogen-bond acceptors (Lipinski definition) is 4. The van der Waals surface area contributed by atoms with Gasteiger partial charge in [-0.25, -0.2) is 0 Å². The average Bonchev–Trinajstić information content (AvgIpc) is 2.27. The standard InChI is InChI=1S/C12H23NO3/c1-4-16-12(14)9-11(10(2)3)13-5-7-15-8-6-13/h10-11H,4-9H2,1-3H3/t11-/m1/s1. The molecule has 1 saturated heterocycles. The van der Waals surface area contributed by atoms with Crippen LogP contribution in [0.3, 0.4) is 0 Å². The molecule has 0 bridgehead atoms.